The van der Waals surface area contributed by atoms with Crippen LogP contribution in [0.3, 0.4) is 0 Å². The van der Waals surface area contributed by atoms with E-state index in [1.54, 1.807) is 37.7 Å². The number of aryl methyl sites for hydroxylation is 2. The van der Waals surface area contributed by atoms with Gasteiger partial charge in [0.1, 0.15) is 0 Å². The number of rotatable bonds is 6. The fraction of sp³-hybridized carbons (Fsp3) is 0.421. The van der Waals surface area contributed by atoms with E-state index in [4.69, 9.17) is 0 Å². The van der Waals surface area contributed by atoms with E-state index < -0.39 is 10.6 Å². The van der Waals surface area contributed by atoms with Crippen LogP contribution in [-0.4, -0.2) is 26.0 Å². The van der Waals surface area contributed by atoms with Gasteiger partial charge in [0, 0.05) is 47.9 Å². The van der Waals surface area contributed by atoms with Crippen LogP contribution in [0.15, 0.2) is 40.2 Å². The third-order valence-corrected chi connectivity index (χ3v) is 6.54. The van der Waals surface area contributed by atoms with E-state index >= 15 is 0 Å². The molecule has 5 nitrogen and oxygen atoms in total. The van der Waals surface area contributed by atoms with Gasteiger partial charge in [0.05, 0.1) is 4.90 Å². The van der Waals surface area contributed by atoms with Crippen LogP contribution in [0.2, 0.25) is 0 Å². The van der Waals surface area contributed by atoms with Crippen molar-refractivity contribution in [3.05, 3.63) is 46.4 Å². The van der Waals surface area contributed by atoms with Gasteiger partial charge in [-0.1, -0.05) is 0 Å². The lowest BCUT2D eigenvalue weighted by molar-refractivity contribution is 0.488. The molecule has 0 unspecified atom stereocenters. The normalized spacial score (nSPS) is 15.2. The van der Waals surface area contributed by atoms with E-state index in [1.807, 2.05) is 18.2 Å². The lowest BCUT2D eigenvalue weighted by Gasteiger charge is -2.31. The number of hydrogen-bond donors (Lipinski definition) is 3. The van der Waals surface area contributed by atoms with Gasteiger partial charge in [0.15, 0.2) is 0 Å². The molecule has 1 aromatic heterocycles. The van der Waals surface area contributed by atoms with Crippen molar-refractivity contribution in [1.82, 2.24) is 4.57 Å². The molecular weight excluding hydrogens is 336 g/mol. The molecule has 3 rings (SSSR count). The molecule has 0 aliphatic heterocycles. The van der Waals surface area contributed by atoms with Gasteiger partial charge in [-0.15, -0.1) is 0 Å². The second kappa shape index (κ2) is 6.86. The molecule has 1 heterocycles. The Bertz CT molecular complexity index is 815. The lowest BCUT2D eigenvalue weighted by atomic mass is 10.0. The molecule has 3 N–H and O–H groups in total. The lowest BCUT2D eigenvalue weighted by Crippen LogP contribution is -2.18. The Kier molecular flexibility index (Phi) is 4.95. The number of nitrogens with one attached hydrogen (secondary N) is 1. The quantitative estimate of drug-likeness (QED) is 0.716. The van der Waals surface area contributed by atoms with Crippen molar-refractivity contribution >= 4 is 16.3 Å². The topological polar surface area (TPSA) is 74.5 Å². The number of hydrogen-bond acceptors (Lipinski definition) is 4. The van der Waals surface area contributed by atoms with Crippen LogP contribution in [0.25, 0.3) is 11.1 Å². The molecule has 1 fully saturated rings. The summed E-state index contributed by atoms with van der Waals surface area (Å²) in [5.41, 5.74) is 3.39. The minimum atomic E-state index is -2.79. The zero-order chi connectivity index (χ0) is 18.2. The summed E-state index contributed by atoms with van der Waals surface area (Å²) >= 11 is 0. The first-order valence-electron chi connectivity index (χ1n) is 8.63. The van der Waals surface area contributed by atoms with Gasteiger partial charge >= 0.3 is 0 Å². The van der Waals surface area contributed by atoms with Crippen LogP contribution in [0.4, 0.5) is 5.69 Å². The third-order valence-electron chi connectivity index (χ3n) is 4.72. The highest BCUT2D eigenvalue weighted by Crippen LogP contribution is 2.49. The van der Waals surface area contributed by atoms with Gasteiger partial charge in [-0.25, -0.2) is 0 Å². The molecule has 6 heteroatoms. The Morgan fingerprint density at radius 2 is 2.00 bits per heavy atom. The average molecular weight is 362 g/mol. The largest absolute Gasteiger partial charge is 0.384 e. The highest BCUT2D eigenvalue weighted by Gasteiger charge is 2.22. The van der Waals surface area contributed by atoms with E-state index in [9.17, 15) is 13.9 Å². The molecule has 1 aliphatic carbocycles. The average Bonchev–Trinajstić information content (AvgIpc) is 3.41. The zero-order valence-electron chi connectivity index (χ0n) is 15.0. The van der Waals surface area contributed by atoms with Crippen LogP contribution in [-0.2, 0) is 7.05 Å². The molecule has 0 bridgehead atoms. The first-order chi connectivity index (χ1) is 11.8. The maximum atomic E-state index is 12.0. The Hall–Kier alpha value is -1.76. The minimum Gasteiger partial charge on any atom is -0.384 e. The number of anilines is 1. The highest BCUT2D eigenvalue weighted by molar-refractivity contribution is 8.24. The van der Waals surface area contributed by atoms with Crippen molar-refractivity contribution in [2.45, 2.75) is 31.6 Å². The van der Waals surface area contributed by atoms with Gasteiger partial charge in [-0.3, -0.25) is 13.9 Å². The maximum absolute atomic E-state index is 12.0. The van der Waals surface area contributed by atoms with Gasteiger partial charge in [-0.2, -0.15) is 10.6 Å². The summed E-state index contributed by atoms with van der Waals surface area (Å²) in [5.74, 6) is 1.01. The molecule has 25 heavy (non-hydrogen) atoms. The predicted molar refractivity (Wildman–Crippen MR) is 105 cm³/mol. The van der Waals surface area contributed by atoms with Crippen LogP contribution in [0.1, 0.15) is 25.3 Å². The molecule has 0 spiro atoms. The zero-order valence-corrected chi connectivity index (χ0v) is 15.8. The van der Waals surface area contributed by atoms with Crippen LogP contribution < -0.4 is 10.9 Å². The summed E-state index contributed by atoms with van der Waals surface area (Å²) in [4.78, 5) is 12.5. The highest BCUT2D eigenvalue weighted by atomic mass is 32.3. The molecule has 2 aromatic rings. The van der Waals surface area contributed by atoms with E-state index in [0.29, 0.717) is 10.5 Å². The number of pyridine rings is 1. The third kappa shape index (κ3) is 3.92. The molecule has 1 aromatic carbocycles. The standard InChI is InChI=1S/C19H26N2O3S/c1-4-25(23,24)16-7-8-18(20-11-14-5-6-14)17(10-16)15-9-13(2)19(22)21(3)12-15/h7-10,12,14,20,23-24H,4-6,11H2,1-3H3. The van der Waals surface area contributed by atoms with Gasteiger partial charge in [-0.05, 0) is 56.9 Å². The van der Waals surface area contributed by atoms with Gasteiger partial charge in [0.25, 0.3) is 5.56 Å². The van der Waals surface area contributed by atoms with E-state index in [1.165, 1.54) is 12.8 Å². The van der Waals surface area contributed by atoms with E-state index in [0.717, 1.165) is 29.3 Å². The van der Waals surface area contributed by atoms with E-state index in [-0.39, 0.29) is 11.3 Å². The first kappa shape index (κ1) is 18.0. The van der Waals surface area contributed by atoms with Crippen molar-refractivity contribution in [2.24, 2.45) is 13.0 Å². The number of benzene rings is 1. The van der Waals surface area contributed by atoms with E-state index in [2.05, 4.69) is 5.32 Å². The van der Waals surface area contributed by atoms with Crippen LogP contribution in [0, 0.1) is 12.8 Å². The second-order valence-corrected chi connectivity index (χ2v) is 9.20. The van der Waals surface area contributed by atoms with Gasteiger partial charge in [0.2, 0.25) is 0 Å². The number of nitrogens with zero attached hydrogens (tertiary/aromatic N) is 1. The molecule has 136 valence electrons. The fourth-order valence-corrected chi connectivity index (χ4v) is 3.81. The second-order valence-electron chi connectivity index (χ2n) is 6.81. The van der Waals surface area contributed by atoms with Crippen molar-refractivity contribution in [3.63, 3.8) is 0 Å². The summed E-state index contributed by atoms with van der Waals surface area (Å²) in [5, 5.41) is 3.48. The van der Waals surface area contributed by atoms with Crippen LogP contribution >= 0.6 is 10.6 Å². The van der Waals surface area contributed by atoms with Gasteiger partial charge < -0.3 is 9.88 Å². The minimum absolute atomic E-state index is 0.0229. The molecule has 1 saturated carbocycles. The Morgan fingerprint density at radius 3 is 2.60 bits per heavy atom. The molecule has 1 aliphatic rings. The molecule has 0 atom stereocenters. The smallest absolute Gasteiger partial charge is 0.253 e. The maximum Gasteiger partial charge on any atom is 0.253 e. The summed E-state index contributed by atoms with van der Waals surface area (Å²) in [6, 6.07) is 7.40. The molecule has 0 radical (unpaired) electrons. The Morgan fingerprint density at radius 1 is 1.28 bits per heavy atom. The summed E-state index contributed by atoms with van der Waals surface area (Å²) in [6.45, 7) is 4.48. The van der Waals surface area contributed by atoms with Crippen molar-refractivity contribution < 1.29 is 9.11 Å². The summed E-state index contributed by atoms with van der Waals surface area (Å²) in [6.07, 6.45) is 4.32. The molecular formula is C19H26N2O3S. The number of aromatic nitrogens is 1. The Balaban J connectivity index is 2.09. The predicted octanol–water partition coefficient (Wildman–Crippen LogP) is 4.31. The SMILES string of the molecule is CCS(O)(O)c1ccc(NCC2CC2)c(-c2cc(C)c(=O)n(C)c2)c1. The summed E-state index contributed by atoms with van der Waals surface area (Å²) in [7, 11) is -1.05. The summed E-state index contributed by atoms with van der Waals surface area (Å²) < 4.78 is 22.2. The van der Waals surface area contributed by atoms with Crippen LogP contribution in [0.5, 0.6) is 0 Å². The Labute approximate surface area is 150 Å². The molecule has 0 saturated heterocycles. The first-order valence-corrected chi connectivity index (χ1v) is 10.3. The monoisotopic (exact) mass is 362 g/mol. The fourth-order valence-electron chi connectivity index (χ4n) is 2.89. The molecule has 0 amide bonds. The van der Waals surface area contributed by atoms with Crippen molar-refractivity contribution in [3.8, 4) is 11.1 Å². The van der Waals surface area contributed by atoms with Crippen molar-refractivity contribution in [1.29, 1.82) is 0 Å². The van der Waals surface area contributed by atoms with Crippen molar-refractivity contribution in [2.75, 3.05) is 17.6 Å².